The summed E-state index contributed by atoms with van der Waals surface area (Å²) in [7, 11) is 0. The number of epoxide rings is 1. The molecule has 2 N–H and O–H groups in total. The van der Waals surface area contributed by atoms with E-state index in [-0.39, 0.29) is 11.7 Å². The van der Waals surface area contributed by atoms with Crippen molar-refractivity contribution in [3.05, 3.63) is 35.9 Å². The molecular weight excluding hydrogens is 274 g/mol. The highest BCUT2D eigenvalue weighted by molar-refractivity contribution is 6.03. The van der Waals surface area contributed by atoms with Gasteiger partial charge in [0.2, 0.25) is 0 Å². The van der Waals surface area contributed by atoms with Gasteiger partial charge in [0, 0.05) is 5.56 Å². The number of hydrogen-bond donors (Lipinski definition) is 2. The molecule has 3 atom stereocenters. The largest absolute Gasteiger partial charge is 0.479 e. The van der Waals surface area contributed by atoms with Crippen LogP contribution in [-0.4, -0.2) is 41.0 Å². The topological polar surface area (TPSA) is 96.0 Å². The molecule has 1 unspecified atom stereocenters. The van der Waals surface area contributed by atoms with Crippen molar-refractivity contribution < 1.29 is 24.2 Å². The molecule has 0 spiro atoms. The highest BCUT2D eigenvalue weighted by Crippen LogP contribution is 2.23. The molecule has 0 bridgehead atoms. The van der Waals surface area contributed by atoms with E-state index in [9.17, 15) is 14.4 Å². The zero-order chi connectivity index (χ0) is 15.6. The molecule has 0 radical (unpaired) electrons. The molecule has 1 fully saturated rings. The zero-order valence-corrected chi connectivity index (χ0v) is 11.8. The van der Waals surface area contributed by atoms with Gasteiger partial charge in [-0.1, -0.05) is 44.2 Å². The third kappa shape index (κ3) is 3.46. The number of carbonyl (C=O) groups is 3. The summed E-state index contributed by atoms with van der Waals surface area (Å²) < 4.78 is 4.78. The van der Waals surface area contributed by atoms with E-state index < -0.39 is 30.1 Å². The van der Waals surface area contributed by atoms with E-state index in [2.05, 4.69) is 5.32 Å². The molecular formula is C15H17NO5. The lowest BCUT2D eigenvalue weighted by molar-refractivity contribution is -0.138. The Hall–Kier alpha value is -2.21. The number of Topliss-reactive ketones (excluding diaryl/α,β-unsaturated/α-hetero) is 1. The van der Waals surface area contributed by atoms with Crippen LogP contribution in [0.25, 0.3) is 0 Å². The van der Waals surface area contributed by atoms with Crippen LogP contribution < -0.4 is 5.32 Å². The number of aliphatic carboxylic acids is 1. The molecule has 1 aliphatic heterocycles. The second-order valence-electron chi connectivity index (χ2n) is 5.28. The number of nitrogens with one attached hydrogen (secondary N) is 1. The second-order valence-corrected chi connectivity index (χ2v) is 5.28. The molecule has 0 aromatic heterocycles. The SMILES string of the molecule is CC(C)C(NC(=O)[C@H]1O[C@@H]1C(=O)O)C(=O)c1ccccc1. The average Bonchev–Trinajstić information content (AvgIpc) is 3.25. The molecule has 6 nitrogen and oxygen atoms in total. The maximum atomic E-state index is 12.4. The fourth-order valence-corrected chi connectivity index (χ4v) is 2.05. The van der Waals surface area contributed by atoms with Gasteiger partial charge in [0.05, 0.1) is 6.04 Å². The van der Waals surface area contributed by atoms with Crippen LogP contribution in [-0.2, 0) is 14.3 Å². The van der Waals surface area contributed by atoms with Crippen molar-refractivity contribution in [2.45, 2.75) is 32.1 Å². The summed E-state index contributed by atoms with van der Waals surface area (Å²) >= 11 is 0. The van der Waals surface area contributed by atoms with E-state index >= 15 is 0 Å². The molecule has 21 heavy (non-hydrogen) atoms. The lowest BCUT2D eigenvalue weighted by Crippen LogP contribution is -2.46. The van der Waals surface area contributed by atoms with Crippen LogP contribution in [0.5, 0.6) is 0 Å². The fraction of sp³-hybridized carbons (Fsp3) is 0.400. The van der Waals surface area contributed by atoms with Gasteiger partial charge >= 0.3 is 5.97 Å². The molecule has 1 saturated heterocycles. The van der Waals surface area contributed by atoms with Gasteiger partial charge in [0.25, 0.3) is 5.91 Å². The van der Waals surface area contributed by atoms with Gasteiger partial charge in [-0.3, -0.25) is 9.59 Å². The summed E-state index contributed by atoms with van der Waals surface area (Å²) in [5.74, 6) is -2.06. The van der Waals surface area contributed by atoms with Crippen molar-refractivity contribution in [3.8, 4) is 0 Å². The Kier molecular flexibility index (Phi) is 4.37. The quantitative estimate of drug-likeness (QED) is 0.598. The predicted molar refractivity (Wildman–Crippen MR) is 73.8 cm³/mol. The van der Waals surface area contributed by atoms with Gasteiger partial charge < -0.3 is 15.2 Å². The van der Waals surface area contributed by atoms with Crippen LogP contribution in [0.1, 0.15) is 24.2 Å². The minimum Gasteiger partial charge on any atom is -0.479 e. The number of carbonyl (C=O) groups excluding carboxylic acids is 2. The van der Waals surface area contributed by atoms with Crippen LogP contribution >= 0.6 is 0 Å². The number of carboxylic acids is 1. The van der Waals surface area contributed by atoms with E-state index in [1.807, 2.05) is 13.8 Å². The van der Waals surface area contributed by atoms with Crippen molar-refractivity contribution in [2.24, 2.45) is 5.92 Å². The summed E-state index contributed by atoms with van der Waals surface area (Å²) in [4.78, 5) is 35.0. The monoisotopic (exact) mass is 291 g/mol. The van der Waals surface area contributed by atoms with Gasteiger partial charge in [-0.25, -0.2) is 4.79 Å². The third-order valence-electron chi connectivity index (χ3n) is 3.30. The summed E-state index contributed by atoms with van der Waals surface area (Å²) in [5.41, 5.74) is 0.503. The Morgan fingerprint density at radius 1 is 1.14 bits per heavy atom. The molecule has 1 aromatic carbocycles. The van der Waals surface area contributed by atoms with E-state index in [1.165, 1.54) is 0 Å². The standard InChI is InChI=1S/C15H17NO5/c1-8(2)10(11(17)9-6-4-3-5-7-9)16-14(18)12-13(21-12)15(19)20/h3-8,10,12-13H,1-2H3,(H,16,18)(H,19,20)/t10?,12-,13-/m0/s1. The van der Waals surface area contributed by atoms with Gasteiger partial charge in [-0.05, 0) is 5.92 Å². The Morgan fingerprint density at radius 2 is 1.76 bits per heavy atom. The highest BCUT2D eigenvalue weighted by Gasteiger charge is 2.51. The summed E-state index contributed by atoms with van der Waals surface area (Å²) in [6, 6.07) is 7.94. The first-order valence-corrected chi connectivity index (χ1v) is 6.69. The number of carboxylic acid groups (broad SMARTS) is 1. The first kappa shape index (κ1) is 15.2. The minimum absolute atomic E-state index is 0.122. The van der Waals surface area contributed by atoms with Crippen molar-refractivity contribution in [2.75, 3.05) is 0 Å². The Morgan fingerprint density at radius 3 is 2.24 bits per heavy atom. The van der Waals surface area contributed by atoms with Crippen molar-refractivity contribution in [3.63, 3.8) is 0 Å². The van der Waals surface area contributed by atoms with Crippen molar-refractivity contribution in [1.82, 2.24) is 5.32 Å². The Balaban J connectivity index is 2.05. The lowest BCUT2D eigenvalue weighted by atomic mass is 9.95. The van der Waals surface area contributed by atoms with Gasteiger partial charge in [-0.2, -0.15) is 0 Å². The molecule has 1 heterocycles. The van der Waals surface area contributed by atoms with E-state index in [0.717, 1.165) is 0 Å². The molecule has 1 aromatic rings. The van der Waals surface area contributed by atoms with Crippen molar-refractivity contribution in [1.29, 1.82) is 0 Å². The highest BCUT2D eigenvalue weighted by atomic mass is 16.6. The Labute approximate surface area is 122 Å². The van der Waals surface area contributed by atoms with Crippen LogP contribution in [0.15, 0.2) is 30.3 Å². The van der Waals surface area contributed by atoms with E-state index in [1.54, 1.807) is 30.3 Å². The van der Waals surface area contributed by atoms with E-state index in [4.69, 9.17) is 9.84 Å². The normalized spacial score (nSPS) is 21.7. The number of ketones is 1. The molecule has 112 valence electrons. The fourth-order valence-electron chi connectivity index (χ4n) is 2.05. The van der Waals surface area contributed by atoms with Crippen LogP contribution in [0, 0.1) is 5.92 Å². The number of rotatable bonds is 6. The molecule has 1 amide bonds. The summed E-state index contributed by atoms with van der Waals surface area (Å²) in [6.07, 6.45) is -2.11. The summed E-state index contributed by atoms with van der Waals surface area (Å²) in [5, 5.41) is 11.3. The Bertz CT molecular complexity index is 554. The maximum absolute atomic E-state index is 12.4. The van der Waals surface area contributed by atoms with Crippen LogP contribution in [0.2, 0.25) is 0 Å². The first-order valence-electron chi connectivity index (χ1n) is 6.69. The maximum Gasteiger partial charge on any atom is 0.336 e. The third-order valence-corrected chi connectivity index (χ3v) is 3.30. The molecule has 6 heteroatoms. The smallest absolute Gasteiger partial charge is 0.336 e. The van der Waals surface area contributed by atoms with Gasteiger partial charge in [0.15, 0.2) is 18.0 Å². The number of benzene rings is 1. The van der Waals surface area contributed by atoms with Crippen molar-refractivity contribution >= 4 is 17.7 Å². The molecule has 0 aliphatic carbocycles. The summed E-state index contributed by atoms with van der Waals surface area (Å²) in [6.45, 7) is 3.63. The average molecular weight is 291 g/mol. The molecule has 1 aliphatic rings. The number of ether oxygens (including phenoxy) is 1. The zero-order valence-electron chi connectivity index (χ0n) is 11.8. The number of hydrogen-bond acceptors (Lipinski definition) is 4. The number of amides is 1. The first-order chi connectivity index (χ1) is 9.91. The lowest BCUT2D eigenvalue weighted by Gasteiger charge is -2.20. The minimum atomic E-state index is -1.18. The molecule has 2 rings (SSSR count). The predicted octanol–water partition coefficient (Wildman–Crippen LogP) is 0.862. The van der Waals surface area contributed by atoms with Crippen LogP contribution in [0.3, 0.4) is 0 Å². The second kappa shape index (κ2) is 6.05. The van der Waals surface area contributed by atoms with Crippen LogP contribution in [0.4, 0.5) is 0 Å². The van der Waals surface area contributed by atoms with Gasteiger partial charge in [-0.15, -0.1) is 0 Å². The van der Waals surface area contributed by atoms with Gasteiger partial charge in [0.1, 0.15) is 0 Å². The molecule has 0 saturated carbocycles. The van der Waals surface area contributed by atoms with E-state index in [0.29, 0.717) is 5.56 Å².